The molecule has 0 fully saturated rings. The predicted molar refractivity (Wildman–Crippen MR) is 162 cm³/mol. The van der Waals surface area contributed by atoms with Crippen LogP contribution in [-0.4, -0.2) is 82.7 Å². The van der Waals surface area contributed by atoms with Gasteiger partial charge in [0, 0.05) is 37.7 Å². The molecule has 0 saturated heterocycles. The van der Waals surface area contributed by atoms with Crippen LogP contribution in [0, 0.1) is 16.0 Å². The van der Waals surface area contributed by atoms with Crippen LogP contribution in [0.3, 0.4) is 0 Å². The maximum atomic E-state index is 13.0. The van der Waals surface area contributed by atoms with Crippen molar-refractivity contribution in [1.82, 2.24) is 21.3 Å². The number of hydrogen-bond donors (Lipinski definition) is 8. The molecule has 10 N–H and O–H groups in total. The number of nitrogens with zero attached hydrogens (tertiary/aromatic N) is 2. The lowest BCUT2D eigenvalue weighted by Gasteiger charge is -2.26. The summed E-state index contributed by atoms with van der Waals surface area (Å²) in [5.74, 6) is -5.15. The molecule has 0 aliphatic carbocycles. The highest BCUT2D eigenvalue weighted by molar-refractivity contribution is 5.98. The minimum atomic E-state index is -1.34. The fraction of sp³-hybridized carbons (Fsp3) is 0.519. The van der Waals surface area contributed by atoms with Crippen molar-refractivity contribution in [3.63, 3.8) is 0 Å². The summed E-state index contributed by atoms with van der Waals surface area (Å²) in [6.07, 6.45) is 0.103. The summed E-state index contributed by atoms with van der Waals surface area (Å²) < 4.78 is 0. The van der Waals surface area contributed by atoms with Gasteiger partial charge in [-0.25, -0.2) is 0 Å². The summed E-state index contributed by atoms with van der Waals surface area (Å²) in [5, 5.41) is 32.3. The second kappa shape index (κ2) is 19.1. The lowest BCUT2D eigenvalue weighted by molar-refractivity contribution is -0.384. The van der Waals surface area contributed by atoms with Gasteiger partial charge < -0.3 is 43.2 Å². The van der Waals surface area contributed by atoms with Gasteiger partial charge in [0.2, 0.25) is 29.5 Å². The minimum Gasteiger partial charge on any atom is -0.481 e. The molecule has 18 heteroatoms. The van der Waals surface area contributed by atoms with Crippen LogP contribution in [0.2, 0.25) is 0 Å². The molecule has 1 aromatic carbocycles. The number of anilines is 1. The number of nitrogens with one attached hydrogen (secondary N) is 5. The highest BCUT2D eigenvalue weighted by Gasteiger charge is 2.30. The molecule has 0 aliphatic rings. The van der Waals surface area contributed by atoms with Gasteiger partial charge in [-0.05, 0) is 37.3 Å². The number of nitro benzene ring substituents is 1. The summed E-state index contributed by atoms with van der Waals surface area (Å²) in [4.78, 5) is 88.5. The highest BCUT2D eigenvalue weighted by atomic mass is 16.6. The van der Waals surface area contributed by atoms with E-state index in [9.17, 15) is 38.9 Å². The summed E-state index contributed by atoms with van der Waals surface area (Å²) in [6.45, 7) is 4.28. The third-order valence-electron chi connectivity index (χ3n) is 6.50. The molecular formula is C27H41N9O9. The summed E-state index contributed by atoms with van der Waals surface area (Å²) in [7, 11) is 0. The van der Waals surface area contributed by atoms with E-state index in [-0.39, 0.29) is 49.1 Å². The molecule has 5 amide bonds. The van der Waals surface area contributed by atoms with Crippen LogP contribution in [0.5, 0.6) is 0 Å². The van der Waals surface area contributed by atoms with E-state index in [2.05, 4.69) is 31.6 Å². The van der Waals surface area contributed by atoms with Crippen molar-refractivity contribution in [3.05, 3.63) is 34.4 Å². The lowest BCUT2D eigenvalue weighted by atomic mass is 9.97. The average Bonchev–Trinajstić information content (AvgIpc) is 2.97. The van der Waals surface area contributed by atoms with Gasteiger partial charge in [0.1, 0.15) is 18.1 Å². The number of hydrogen-bond acceptors (Lipinski definition) is 9. The van der Waals surface area contributed by atoms with Crippen molar-refractivity contribution in [3.8, 4) is 0 Å². The maximum Gasteiger partial charge on any atom is 0.303 e. The predicted octanol–water partition coefficient (Wildman–Crippen LogP) is -0.912. The molecular weight excluding hydrogens is 594 g/mol. The molecule has 18 nitrogen and oxygen atoms in total. The molecule has 248 valence electrons. The van der Waals surface area contributed by atoms with E-state index in [4.69, 9.17) is 16.6 Å². The van der Waals surface area contributed by atoms with E-state index in [0.29, 0.717) is 6.42 Å². The average molecular weight is 636 g/mol. The first-order valence-electron chi connectivity index (χ1n) is 14.1. The van der Waals surface area contributed by atoms with Crippen LogP contribution in [0.15, 0.2) is 29.3 Å². The zero-order valence-electron chi connectivity index (χ0n) is 25.3. The van der Waals surface area contributed by atoms with E-state index >= 15 is 0 Å². The van der Waals surface area contributed by atoms with Gasteiger partial charge in [-0.3, -0.25) is 43.9 Å². The van der Waals surface area contributed by atoms with Gasteiger partial charge in [0.05, 0.1) is 11.5 Å². The van der Waals surface area contributed by atoms with Crippen LogP contribution in [-0.2, 0) is 28.8 Å². The highest BCUT2D eigenvalue weighted by Crippen LogP contribution is 2.16. The number of aliphatic imine (C=N–C) groups is 1. The molecule has 0 spiro atoms. The summed E-state index contributed by atoms with van der Waals surface area (Å²) >= 11 is 0. The number of carbonyl (C=O) groups is 6. The quantitative estimate of drug-likeness (QED) is 0.0302. The molecule has 0 radical (unpaired) electrons. The third-order valence-corrected chi connectivity index (χ3v) is 6.50. The fourth-order valence-corrected chi connectivity index (χ4v) is 3.92. The Bertz CT molecular complexity index is 1250. The Balaban J connectivity index is 2.97. The number of carboxylic acids is 1. The van der Waals surface area contributed by atoms with Gasteiger partial charge in [0.25, 0.3) is 5.69 Å². The van der Waals surface area contributed by atoms with Gasteiger partial charge >= 0.3 is 5.97 Å². The van der Waals surface area contributed by atoms with Gasteiger partial charge in [0.15, 0.2) is 5.96 Å². The zero-order chi connectivity index (χ0) is 34.1. The van der Waals surface area contributed by atoms with E-state index in [1.807, 2.05) is 0 Å². The molecule has 1 rings (SSSR count). The van der Waals surface area contributed by atoms with Crippen LogP contribution < -0.4 is 38.1 Å². The number of amides is 5. The number of nitro groups is 1. The smallest absolute Gasteiger partial charge is 0.303 e. The first-order chi connectivity index (χ1) is 21.1. The Labute approximate surface area is 259 Å². The lowest BCUT2D eigenvalue weighted by Crippen LogP contribution is -2.56. The Morgan fingerprint density at radius 1 is 0.956 bits per heavy atom. The monoisotopic (exact) mass is 635 g/mol. The number of carbonyl (C=O) groups excluding carboxylic acids is 5. The minimum absolute atomic E-state index is 0.0761. The molecule has 4 atom stereocenters. The summed E-state index contributed by atoms with van der Waals surface area (Å²) in [6, 6.07) is 1.56. The zero-order valence-corrected chi connectivity index (χ0v) is 25.3. The van der Waals surface area contributed by atoms with E-state index < -0.39 is 71.5 Å². The molecule has 0 saturated carbocycles. The van der Waals surface area contributed by atoms with Gasteiger partial charge in [-0.15, -0.1) is 0 Å². The molecule has 0 unspecified atom stereocenters. The van der Waals surface area contributed by atoms with Crippen LogP contribution in [0.25, 0.3) is 0 Å². The third kappa shape index (κ3) is 14.6. The number of guanidine groups is 1. The Kier molecular flexibility index (Phi) is 16.0. The Hall–Kier alpha value is -5.29. The Morgan fingerprint density at radius 2 is 1.58 bits per heavy atom. The van der Waals surface area contributed by atoms with Crippen molar-refractivity contribution in [2.75, 3.05) is 18.4 Å². The van der Waals surface area contributed by atoms with Crippen LogP contribution >= 0.6 is 0 Å². The van der Waals surface area contributed by atoms with Crippen molar-refractivity contribution < 1.29 is 38.8 Å². The maximum absolute atomic E-state index is 13.0. The number of non-ortho nitro benzene ring substituents is 1. The van der Waals surface area contributed by atoms with E-state index in [1.54, 1.807) is 13.8 Å². The van der Waals surface area contributed by atoms with Crippen molar-refractivity contribution in [1.29, 1.82) is 0 Å². The van der Waals surface area contributed by atoms with Crippen LogP contribution in [0.1, 0.15) is 52.9 Å². The number of aliphatic carboxylic acids is 1. The molecule has 0 heterocycles. The first kappa shape index (κ1) is 37.7. The van der Waals surface area contributed by atoms with Gasteiger partial charge in [-0.1, -0.05) is 20.3 Å². The van der Waals surface area contributed by atoms with E-state index in [0.717, 1.165) is 0 Å². The standard InChI is InChI=1S/C27H41N9O9/c1-4-15(2)23(32-16(3)37)26(43)35-20(11-12-22(39)40)24(41)31-14-21(38)34-19(6-5-13-30-27(28)29)25(42)33-17-7-9-18(10-8-17)36(44)45/h7-10,15,19-20,23H,4-6,11-14H2,1-3H3,(H,31,41)(H,32,37)(H,33,42)(H,34,38)(H,35,43)(H,39,40)(H4,28,29,30)/t15-,19-,20-,23-/m0/s1. The van der Waals surface area contributed by atoms with Crippen molar-refractivity contribution in [2.45, 2.75) is 71.0 Å². The largest absolute Gasteiger partial charge is 0.481 e. The van der Waals surface area contributed by atoms with Gasteiger partial charge in [-0.2, -0.15) is 0 Å². The fourth-order valence-electron chi connectivity index (χ4n) is 3.92. The molecule has 45 heavy (non-hydrogen) atoms. The second-order valence-electron chi connectivity index (χ2n) is 10.1. The number of nitrogens with two attached hydrogens (primary N) is 2. The first-order valence-corrected chi connectivity index (χ1v) is 14.1. The molecule has 0 bridgehead atoms. The molecule has 1 aromatic rings. The molecule has 0 aromatic heterocycles. The second-order valence-corrected chi connectivity index (χ2v) is 10.1. The SMILES string of the molecule is CC[C@H](C)[C@H](NC(C)=O)C(=O)N[C@@H](CCC(=O)O)C(=O)NCC(=O)N[C@@H](CCCN=C(N)N)C(=O)Nc1ccc([N+](=O)[O-])cc1. The number of rotatable bonds is 19. The number of benzene rings is 1. The summed E-state index contributed by atoms with van der Waals surface area (Å²) in [5.41, 5.74) is 10.7. The van der Waals surface area contributed by atoms with Crippen LogP contribution in [0.4, 0.5) is 11.4 Å². The molecule has 0 aliphatic heterocycles. The topological polar surface area (TPSA) is 290 Å². The van der Waals surface area contributed by atoms with Crippen molar-refractivity contribution >= 4 is 52.8 Å². The van der Waals surface area contributed by atoms with E-state index in [1.165, 1.54) is 31.2 Å². The van der Waals surface area contributed by atoms with Crippen molar-refractivity contribution in [2.24, 2.45) is 22.4 Å². The Morgan fingerprint density at radius 3 is 2.11 bits per heavy atom. The normalized spacial score (nSPS) is 13.1. The number of carboxylic acid groups (broad SMARTS) is 1.